The van der Waals surface area contributed by atoms with E-state index in [4.69, 9.17) is 24.9 Å². The van der Waals surface area contributed by atoms with Crippen molar-refractivity contribution in [2.45, 2.75) is 188 Å². The molecule has 0 bridgehead atoms. The van der Waals surface area contributed by atoms with Crippen LogP contribution in [0.3, 0.4) is 0 Å². The van der Waals surface area contributed by atoms with Gasteiger partial charge >= 0.3 is 5.97 Å². The van der Waals surface area contributed by atoms with E-state index in [9.17, 15) is 14.9 Å². The normalized spacial score (nSPS) is 22.4. The second kappa shape index (κ2) is 20.0. The number of hydrogen-bond donors (Lipinski definition) is 6. The minimum atomic E-state index is -1.41. The fraction of sp³-hybridized carbons (Fsp3) is 0.909. The van der Waals surface area contributed by atoms with Crippen LogP contribution >= 0.6 is 0 Å². The molecule has 0 spiro atoms. The van der Waals surface area contributed by atoms with Crippen molar-refractivity contribution < 1.29 is 34.6 Å². The van der Waals surface area contributed by atoms with Gasteiger partial charge in [-0.15, -0.1) is 0 Å². The Kier molecular flexibility index (Phi) is 21.0. The van der Waals surface area contributed by atoms with Crippen molar-refractivity contribution in [3.05, 3.63) is 10.1 Å². The van der Waals surface area contributed by atoms with Crippen molar-refractivity contribution in [1.82, 2.24) is 16.0 Å². The molecule has 0 saturated carbocycles. The summed E-state index contributed by atoms with van der Waals surface area (Å²) in [6.45, 7) is 28.6. The molecular weight excluding hydrogens is 580 g/mol. The third-order valence-electron chi connectivity index (χ3n) is 7.11. The fourth-order valence-corrected chi connectivity index (χ4v) is 6.15. The number of nitro groups is 1. The van der Waals surface area contributed by atoms with Gasteiger partial charge in [-0.1, -0.05) is 0 Å². The van der Waals surface area contributed by atoms with Gasteiger partial charge in [0.1, 0.15) is 0 Å². The summed E-state index contributed by atoms with van der Waals surface area (Å²) in [7, 11) is 0. The predicted octanol–water partition coefficient (Wildman–Crippen LogP) is 6.48. The third kappa shape index (κ3) is 34.4. The van der Waals surface area contributed by atoms with E-state index in [0.29, 0.717) is 33.2 Å². The van der Waals surface area contributed by atoms with E-state index < -0.39 is 29.4 Å². The molecule has 0 aromatic heterocycles. The highest BCUT2D eigenvalue weighted by atomic mass is 16.6. The smallest absolute Gasteiger partial charge is 0.376 e. The van der Waals surface area contributed by atoms with Gasteiger partial charge in [0.25, 0.3) is 18.5 Å². The van der Waals surface area contributed by atoms with Crippen LogP contribution < -0.4 is 16.0 Å². The Labute approximate surface area is 273 Å². The molecule has 6 N–H and O–H groups in total. The van der Waals surface area contributed by atoms with Crippen LogP contribution in [0, 0.1) is 10.1 Å². The maximum atomic E-state index is 9.37. The van der Waals surface area contributed by atoms with Gasteiger partial charge in [-0.05, 0) is 141 Å². The average Bonchev–Trinajstić information content (AvgIpc) is 2.68. The molecule has 3 rings (SSSR count). The first-order valence-corrected chi connectivity index (χ1v) is 15.9. The Morgan fingerprint density at radius 2 is 0.689 bits per heavy atom. The summed E-state index contributed by atoms with van der Waals surface area (Å²) in [5.74, 6) is -3.08. The molecule has 45 heavy (non-hydrogen) atoms. The molecule has 268 valence electrons. The SMILES string of the molecule is CC(=O)O.CC(=O)O.CC1(C)CCCC(C)(C)N1.CC1(C)CCCC(C)(C)N1.CC1(C)CCCC(C)(C)N1.O=C(O)C[N+](=O)[O-]. The minimum absolute atomic E-state index is 0.363. The second-order valence-corrected chi connectivity index (χ2v) is 16.2. The van der Waals surface area contributed by atoms with Gasteiger partial charge in [-0.3, -0.25) is 19.7 Å². The van der Waals surface area contributed by atoms with Gasteiger partial charge < -0.3 is 31.3 Å². The number of aliphatic carboxylic acids is 3. The summed E-state index contributed by atoms with van der Waals surface area (Å²) in [6, 6.07) is 0. The second-order valence-electron chi connectivity index (χ2n) is 16.2. The molecule has 0 amide bonds. The molecule has 12 nitrogen and oxygen atoms in total. The Bertz CT molecular complexity index is 762. The number of piperidine rings is 3. The summed E-state index contributed by atoms with van der Waals surface area (Å²) >= 11 is 0. The Balaban J connectivity index is -0.000000488. The summed E-state index contributed by atoms with van der Waals surface area (Å²) < 4.78 is 0. The van der Waals surface area contributed by atoms with E-state index in [-0.39, 0.29) is 0 Å². The van der Waals surface area contributed by atoms with Crippen LogP contribution in [0.2, 0.25) is 0 Å². The van der Waals surface area contributed by atoms with E-state index >= 15 is 0 Å². The first-order chi connectivity index (χ1) is 19.8. The maximum absolute atomic E-state index is 9.37. The number of hydrogen-bond acceptors (Lipinski definition) is 8. The number of nitrogens with one attached hydrogen (secondary N) is 3. The first-order valence-electron chi connectivity index (χ1n) is 15.9. The number of rotatable bonds is 2. The zero-order chi connectivity index (χ0) is 36.5. The lowest BCUT2D eigenvalue weighted by atomic mass is 9.83. The summed E-state index contributed by atoms with van der Waals surface area (Å²) in [6.07, 6.45) is 12.0. The van der Waals surface area contributed by atoms with Crippen LogP contribution in [-0.2, 0) is 14.4 Å². The molecule has 3 heterocycles. The van der Waals surface area contributed by atoms with E-state index in [1.54, 1.807) is 0 Å². The van der Waals surface area contributed by atoms with Crippen molar-refractivity contribution in [1.29, 1.82) is 0 Å². The molecule has 0 aromatic rings. The van der Waals surface area contributed by atoms with E-state index in [0.717, 1.165) is 13.8 Å². The highest BCUT2D eigenvalue weighted by Crippen LogP contribution is 2.29. The quantitative estimate of drug-likeness (QED) is 0.142. The monoisotopic (exact) mass is 649 g/mol. The van der Waals surface area contributed by atoms with Gasteiger partial charge in [0.15, 0.2) is 0 Å². The number of nitrogens with zero attached hydrogens (tertiary/aromatic N) is 1. The molecule has 12 heteroatoms. The van der Waals surface area contributed by atoms with Crippen LogP contribution in [-0.4, -0.2) is 77.9 Å². The first kappa shape index (κ1) is 47.1. The molecule has 0 unspecified atom stereocenters. The minimum Gasteiger partial charge on any atom is -0.481 e. The lowest BCUT2D eigenvalue weighted by Gasteiger charge is -2.42. The molecule has 0 atom stereocenters. The van der Waals surface area contributed by atoms with Gasteiger partial charge in [0, 0.05) is 52.0 Å². The largest absolute Gasteiger partial charge is 0.481 e. The lowest BCUT2D eigenvalue weighted by Crippen LogP contribution is -2.55. The van der Waals surface area contributed by atoms with Crippen molar-refractivity contribution in [2.24, 2.45) is 0 Å². The van der Waals surface area contributed by atoms with Crippen LogP contribution in [0.25, 0.3) is 0 Å². The zero-order valence-electron chi connectivity index (χ0n) is 30.9. The summed E-state index contributed by atoms with van der Waals surface area (Å²) in [4.78, 5) is 35.7. The average molecular weight is 649 g/mol. The third-order valence-corrected chi connectivity index (χ3v) is 7.11. The van der Waals surface area contributed by atoms with E-state index in [1.165, 1.54) is 57.8 Å². The highest BCUT2D eigenvalue weighted by Gasteiger charge is 2.33. The number of carboxylic acid groups (broad SMARTS) is 3. The van der Waals surface area contributed by atoms with Crippen LogP contribution in [0.4, 0.5) is 0 Å². The van der Waals surface area contributed by atoms with Crippen molar-refractivity contribution in [2.75, 3.05) is 6.54 Å². The molecular formula is C33H68N4O8. The van der Waals surface area contributed by atoms with Crippen molar-refractivity contribution in [3.63, 3.8) is 0 Å². The molecule has 0 aliphatic carbocycles. The molecule has 0 radical (unpaired) electrons. The van der Waals surface area contributed by atoms with Crippen molar-refractivity contribution >= 4 is 17.9 Å². The van der Waals surface area contributed by atoms with E-state index in [2.05, 4.69) is 99.0 Å². The predicted molar refractivity (Wildman–Crippen MR) is 182 cm³/mol. The Hall–Kier alpha value is -2.31. The molecule has 0 aromatic carbocycles. The lowest BCUT2D eigenvalue weighted by molar-refractivity contribution is -0.469. The fourth-order valence-electron chi connectivity index (χ4n) is 6.15. The van der Waals surface area contributed by atoms with Gasteiger partial charge in [0.05, 0.1) is 0 Å². The van der Waals surface area contributed by atoms with Crippen molar-refractivity contribution in [3.8, 4) is 0 Å². The Morgan fingerprint density at radius 3 is 0.733 bits per heavy atom. The standard InChI is InChI=1S/3C9H19N.C2H3NO4.2C2H4O2/c3*1-8(2)6-5-7-9(3,4)10-8;4-2(5)1-3(6)7;2*1-2(3)4/h3*10H,5-7H2,1-4H3;1H2,(H,4,5);2*1H3,(H,3,4). The van der Waals surface area contributed by atoms with Gasteiger partial charge in [-0.2, -0.15) is 0 Å². The molecule has 3 saturated heterocycles. The van der Waals surface area contributed by atoms with Gasteiger partial charge in [0.2, 0.25) is 0 Å². The molecule has 3 aliphatic heterocycles. The molecule has 3 fully saturated rings. The van der Waals surface area contributed by atoms with E-state index in [1.807, 2.05) is 0 Å². The van der Waals surface area contributed by atoms with Crippen LogP contribution in [0.5, 0.6) is 0 Å². The topological polar surface area (TPSA) is 191 Å². The van der Waals surface area contributed by atoms with Gasteiger partial charge in [-0.25, -0.2) is 4.79 Å². The zero-order valence-corrected chi connectivity index (χ0v) is 30.9. The molecule has 3 aliphatic rings. The number of carbonyl (C=O) groups is 3. The van der Waals surface area contributed by atoms with Crippen LogP contribution in [0.15, 0.2) is 0 Å². The summed E-state index contributed by atoms with van der Waals surface area (Å²) in [5.41, 5.74) is 2.18. The highest BCUT2D eigenvalue weighted by molar-refractivity contribution is 5.67. The van der Waals surface area contributed by atoms with Crippen LogP contribution in [0.1, 0.15) is 155 Å². The summed E-state index contributed by atoms with van der Waals surface area (Å²) in [5, 5.41) is 42.6. The number of carboxylic acids is 3. The Morgan fingerprint density at radius 1 is 0.533 bits per heavy atom. The maximum Gasteiger partial charge on any atom is 0.376 e.